The first kappa shape index (κ1) is 30.3. The second kappa shape index (κ2) is 12.1. The Bertz CT molecular complexity index is 3110. The van der Waals surface area contributed by atoms with Crippen LogP contribution >= 0.6 is 0 Å². The Labute approximate surface area is 310 Å². The highest BCUT2D eigenvalue weighted by Gasteiger charge is 2.20. The maximum atomic E-state index is 6.48. The van der Waals surface area contributed by atoms with Gasteiger partial charge in [0.05, 0.1) is 11.0 Å². The molecular weight excluding hydrogens is 661 g/mol. The molecule has 0 N–H and O–H groups in total. The molecule has 0 aliphatic heterocycles. The summed E-state index contributed by atoms with van der Waals surface area (Å²) in [4.78, 5) is 16.0. The summed E-state index contributed by atoms with van der Waals surface area (Å²) in [7, 11) is 0. The monoisotopic (exact) mass is 690 g/mol. The van der Waals surface area contributed by atoms with Gasteiger partial charge in [-0.15, -0.1) is 0 Å². The summed E-state index contributed by atoms with van der Waals surface area (Å²) >= 11 is 0. The molecule has 0 aliphatic rings. The standard InChI is InChI=1S/C49H30N4O/c1-3-14-31(15-4-1)33-28-34(32-16-5-2-6-17-32)30-35(29-33)47-50-48(52-49(51-47)53-43-23-10-7-18-37(43)38-19-8-11-24-44(38)53)42-22-13-21-40-36(42)26-27-41-39-20-9-12-25-45(39)54-46(40)41/h1-30H. The zero-order valence-corrected chi connectivity index (χ0v) is 29.0. The van der Waals surface area contributed by atoms with E-state index in [1.807, 2.05) is 24.3 Å². The normalized spacial score (nSPS) is 11.7. The summed E-state index contributed by atoms with van der Waals surface area (Å²) in [6.45, 7) is 0. The fraction of sp³-hybridized carbons (Fsp3) is 0. The van der Waals surface area contributed by atoms with Gasteiger partial charge >= 0.3 is 0 Å². The summed E-state index contributed by atoms with van der Waals surface area (Å²) in [5, 5.41) is 6.50. The van der Waals surface area contributed by atoms with Crippen molar-refractivity contribution in [2.45, 2.75) is 0 Å². The van der Waals surface area contributed by atoms with Crippen LogP contribution in [0.25, 0.3) is 105 Å². The molecule has 11 rings (SSSR count). The topological polar surface area (TPSA) is 56.7 Å². The molecule has 0 radical (unpaired) electrons. The first-order valence-electron chi connectivity index (χ1n) is 18.1. The van der Waals surface area contributed by atoms with Gasteiger partial charge in [0.1, 0.15) is 11.2 Å². The SMILES string of the molecule is c1ccc(-c2cc(-c3ccccc3)cc(-c3nc(-c4cccc5c4ccc4c6ccccc6oc54)nc(-n4c5ccccc5c5ccccc54)n3)c2)cc1. The molecule has 5 heteroatoms. The molecule has 0 unspecified atom stereocenters. The van der Waals surface area contributed by atoms with Crippen LogP contribution in [0.15, 0.2) is 186 Å². The van der Waals surface area contributed by atoms with E-state index in [4.69, 9.17) is 19.4 Å². The van der Waals surface area contributed by atoms with E-state index in [0.29, 0.717) is 17.6 Å². The van der Waals surface area contributed by atoms with E-state index in [9.17, 15) is 0 Å². The minimum atomic E-state index is 0.556. The quantitative estimate of drug-likeness (QED) is 0.180. The minimum Gasteiger partial charge on any atom is -0.455 e. The zero-order valence-electron chi connectivity index (χ0n) is 29.0. The average molecular weight is 691 g/mol. The van der Waals surface area contributed by atoms with E-state index in [0.717, 1.165) is 87.9 Å². The molecule has 0 saturated heterocycles. The Morgan fingerprint density at radius 3 is 1.56 bits per heavy atom. The molecule has 3 heterocycles. The fourth-order valence-electron chi connectivity index (χ4n) is 7.94. The summed E-state index contributed by atoms with van der Waals surface area (Å²) in [6, 6.07) is 63.3. The lowest BCUT2D eigenvalue weighted by atomic mass is 9.96. The third kappa shape index (κ3) is 4.83. The molecule has 54 heavy (non-hydrogen) atoms. The average Bonchev–Trinajstić information content (AvgIpc) is 3.80. The number of para-hydroxylation sites is 3. The lowest BCUT2D eigenvalue weighted by molar-refractivity contribution is 0.672. The van der Waals surface area contributed by atoms with Crippen LogP contribution in [0.1, 0.15) is 0 Å². The van der Waals surface area contributed by atoms with Gasteiger partial charge in [0, 0.05) is 38.1 Å². The van der Waals surface area contributed by atoms with E-state index in [1.54, 1.807) is 0 Å². The molecule has 5 nitrogen and oxygen atoms in total. The maximum Gasteiger partial charge on any atom is 0.238 e. The van der Waals surface area contributed by atoms with Crippen LogP contribution in [0, 0.1) is 0 Å². The third-order valence-electron chi connectivity index (χ3n) is 10.5. The minimum absolute atomic E-state index is 0.556. The maximum absolute atomic E-state index is 6.48. The molecule has 0 fully saturated rings. The zero-order chi connectivity index (χ0) is 35.6. The van der Waals surface area contributed by atoms with E-state index >= 15 is 0 Å². The van der Waals surface area contributed by atoms with Crippen LogP contribution in [0.4, 0.5) is 0 Å². The van der Waals surface area contributed by atoms with E-state index in [-0.39, 0.29) is 0 Å². The van der Waals surface area contributed by atoms with Crippen LogP contribution < -0.4 is 0 Å². The molecule has 0 spiro atoms. The number of hydrogen-bond acceptors (Lipinski definition) is 4. The molecule has 11 aromatic rings. The lowest BCUT2D eigenvalue weighted by Gasteiger charge is -2.14. The number of furan rings is 1. The highest BCUT2D eigenvalue weighted by atomic mass is 16.3. The Morgan fingerprint density at radius 1 is 0.352 bits per heavy atom. The molecule has 0 saturated carbocycles. The first-order valence-corrected chi connectivity index (χ1v) is 18.1. The largest absolute Gasteiger partial charge is 0.455 e. The number of rotatable bonds is 5. The molecular formula is C49H30N4O. The van der Waals surface area contributed by atoms with Crippen molar-refractivity contribution in [1.82, 2.24) is 19.5 Å². The highest BCUT2D eigenvalue weighted by molar-refractivity contribution is 6.17. The van der Waals surface area contributed by atoms with E-state index in [1.165, 1.54) is 0 Å². The van der Waals surface area contributed by atoms with Gasteiger partial charge in [-0.1, -0.05) is 140 Å². The first-order chi connectivity index (χ1) is 26.8. The predicted octanol–water partition coefficient (Wildman–Crippen LogP) is 12.7. The summed E-state index contributed by atoms with van der Waals surface area (Å²) < 4.78 is 8.65. The van der Waals surface area contributed by atoms with Gasteiger partial charge in [-0.05, 0) is 70.1 Å². The van der Waals surface area contributed by atoms with Crippen molar-refractivity contribution >= 4 is 54.5 Å². The van der Waals surface area contributed by atoms with Gasteiger partial charge in [0.25, 0.3) is 0 Å². The fourth-order valence-corrected chi connectivity index (χ4v) is 7.94. The molecule has 0 bridgehead atoms. The summed E-state index contributed by atoms with van der Waals surface area (Å²) in [6.07, 6.45) is 0. The van der Waals surface area contributed by atoms with Crippen molar-refractivity contribution in [3.63, 3.8) is 0 Å². The van der Waals surface area contributed by atoms with Crippen molar-refractivity contribution in [3.8, 4) is 51.0 Å². The van der Waals surface area contributed by atoms with Crippen LogP contribution in [-0.4, -0.2) is 19.5 Å². The van der Waals surface area contributed by atoms with Gasteiger partial charge in [-0.3, -0.25) is 4.57 Å². The van der Waals surface area contributed by atoms with Crippen molar-refractivity contribution in [1.29, 1.82) is 0 Å². The van der Waals surface area contributed by atoms with Crippen LogP contribution in [-0.2, 0) is 0 Å². The molecule has 8 aromatic carbocycles. The number of fused-ring (bicyclic) bond motifs is 8. The van der Waals surface area contributed by atoms with E-state index < -0.39 is 0 Å². The number of hydrogen-bond donors (Lipinski definition) is 0. The van der Waals surface area contributed by atoms with Gasteiger partial charge in [-0.2, -0.15) is 9.97 Å². The van der Waals surface area contributed by atoms with Crippen LogP contribution in [0.5, 0.6) is 0 Å². The molecule has 0 amide bonds. The molecule has 0 atom stereocenters. The lowest BCUT2D eigenvalue weighted by Crippen LogP contribution is -2.06. The van der Waals surface area contributed by atoms with Gasteiger partial charge in [-0.25, -0.2) is 4.98 Å². The number of nitrogens with zero attached hydrogens (tertiary/aromatic N) is 4. The number of aromatic nitrogens is 4. The second-order valence-electron chi connectivity index (χ2n) is 13.6. The Balaban J connectivity index is 1.21. The van der Waals surface area contributed by atoms with Gasteiger partial charge in [0.2, 0.25) is 5.95 Å². The van der Waals surface area contributed by atoms with Crippen molar-refractivity contribution in [3.05, 3.63) is 182 Å². The summed E-state index contributed by atoms with van der Waals surface area (Å²) in [5.41, 5.74) is 10.0. The van der Waals surface area contributed by atoms with Crippen molar-refractivity contribution in [2.75, 3.05) is 0 Å². The highest BCUT2D eigenvalue weighted by Crippen LogP contribution is 2.39. The van der Waals surface area contributed by atoms with Crippen LogP contribution in [0.2, 0.25) is 0 Å². The Kier molecular flexibility index (Phi) is 6.79. The van der Waals surface area contributed by atoms with Crippen LogP contribution in [0.3, 0.4) is 0 Å². The van der Waals surface area contributed by atoms with Gasteiger partial charge < -0.3 is 4.42 Å². The van der Waals surface area contributed by atoms with Crippen molar-refractivity contribution in [2.24, 2.45) is 0 Å². The molecule has 3 aromatic heterocycles. The molecule has 0 aliphatic carbocycles. The van der Waals surface area contributed by atoms with Gasteiger partial charge in [0.15, 0.2) is 11.6 Å². The predicted molar refractivity (Wildman–Crippen MR) is 221 cm³/mol. The molecule has 252 valence electrons. The Morgan fingerprint density at radius 2 is 0.870 bits per heavy atom. The van der Waals surface area contributed by atoms with E-state index in [2.05, 4.69) is 162 Å². The summed E-state index contributed by atoms with van der Waals surface area (Å²) in [5.74, 6) is 1.73. The Hall–Kier alpha value is -7.37. The number of benzene rings is 8. The third-order valence-corrected chi connectivity index (χ3v) is 10.5. The smallest absolute Gasteiger partial charge is 0.238 e. The second-order valence-corrected chi connectivity index (χ2v) is 13.6. The van der Waals surface area contributed by atoms with Crippen molar-refractivity contribution < 1.29 is 4.42 Å².